The number of amides is 1. The molecule has 1 amide bonds. The molecular formula is C21H23ClN2O4S. The highest BCUT2D eigenvalue weighted by Gasteiger charge is 2.27. The molecule has 154 valence electrons. The maximum absolute atomic E-state index is 12.5. The van der Waals surface area contributed by atoms with E-state index in [-0.39, 0.29) is 32.0 Å². The second-order valence-electron chi connectivity index (χ2n) is 6.59. The van der Waals surface area contributed by atoms with Crippen LogP contribution in [0.15, 0.2) is 60.0 Å². The molecule has 0 aliphatic carbocycles. The molecule has 1 fully saturated rings. The zero-order chi connectivity index (χ0) is 20.7. The summed E-state index contributed by atoms with van der Waals surface area (Å²) in [5, 5.41) is 1.85. The largest absolute Gasteiger partial charge is 0.493 e. The van der Waals surface area contributed by atoms with E-state index in [2.05, 4.69) is 0 Å². The summed E-state index contributed by atoms with van der Waals surface area (Å²) >= 11 is 5.83. The van der Waals surface area contributed by atoms with Gasteiger partial charge >= 0.3 is 0 Å². The summed E-state index contributed by atoms with van der Waals surface area (Å²) in [5.74, 6) is 0.610. The van der Waals surface area contributed by atoms with Crippen LogP contribution >= 0.6 is 11.6 Å². The van der Waals surface area contributed by atoms with Crippen LogP contribution in [0.25, 0.3) is 6.08 Å². The smallest absolute Gasteiger partial charge is 0.236 e. The molecule has 0 radical (unpaired) electrons. The summed E-state index contributed by atoms with van der Waals surface area (Å²) in [5.41, 5.74) is 0.825. The molecule has 2 aromatic carbocycles. The second-order valence-corrected chi connectivity index (χ2v) is 8.85. The van der Waals surface area contributed by atoms with Crippen molar-refractivity contribution < 1.29 is 17.9 Å². The third-order valence-electron chi connectivity index (χ3n) is 4.58. The monoisotopic (exact) mass is 434 g/mol. The Kier molecular flexibility index (Phi) is 7.30. The molecule has 8 heteroatoms. The van der Waals surface area contributed by atoms with Gasteiger partial charge in [-0.05, 0) is 35.9 Å². The van der Waals surface area contributed by atoms with E-state index >= 15 is 0 Å². The summed E-state index contributed by atoms with van der Waals surface area (Å²) < 4.78 is 31.9. The number of ether oxygens (including phenoxy) is 1. The van der Waals surface area contributed by atoms with Gasteiger partial charge in [0.25, 0.3) is 0 Å². The fraction of sp³-hybridized carbons (Fsp3) is 0.286. The van der Waals surface area contributed by atoms with Crippen molar-refractivity contribution in [3.8, 4) is 5.75 Å². The first-order valence-electron chi connectivity index (χ1n) is 9.33. The molecule has 0 spiro atoms. The lowest BCUT2D eigenvalue weighted by Crippen LogP contribution is -2.50. The average Bonchev–Trinajstić information content (AvgIpc) is 2.74. The summed E-state index contributed by atoms with van der Waals surface area (Å²) in [6, 6.07) is 16.2. The SMILES string of the molecule is O=C(CCOc1ccc(Cl)cc1)N1CCN(S(=O)(=O)C=Cc2ccccc2)CC1. The predicted molar refractivity (Wildman–Crippen MR) is 114 cm³/mol. The van der Waals surface area contributed by atoms with Gasteiger partial charge in [-0.25, -0.2) is 8.42 Å². The van der Waals surface area contributed by atoms with Crippen molar-refractivity contribution in [2.24, 2.45) is 0 Å². The van der Waals surface area contributed by atoms with Crippen molar-refractivity contribution in [3.63, 3.8) is 0 Å². The quantitative estimate of drug-likeness (QED) is 0.670. The van der Waals surface area contributed by atoms with Gasteiger partial charge in [-0.3, -0.25) is 4.79 Å². The Labute approximate surface area is 176 Å². The van der Waals surface area contributed by atoms with E-state index in [0.29, 0.717) is 23.9 Å². The standard InChI is InChI=1S/C21H23ClN2O4S/c22-19-6-8-20(9-7-19)28-16-10-21(25)23-12-14-24(15-13-23)29(26,27)17-11-18-4-2-1-3-5-18/h1-9,11,17H,10,12-16H2. The zero-order valence-electron chi connectivity index (χ0n) is 15.9. The average molecular weight is 435 g/mol. The van der Waals surface area contributed by atoms with Crippen LogP contribution in [-0.2, 0) is 14.8 Å². The van der Waals surface area contributed by atoms with Gasteiger partial charge in [0.05, 0.1) is 13.0 Å². The highest BCUT2D eigenvalue weighted by atomic mass is 35.5. The van der Waals surface area contributed by atoms with Crippen LogP contribution in [0.4, 0.5) is 0 Å². The van der Waals surface area contributed by atoms with Crippen LogP contribution in [0, 0.1) is 0 Å². The molecule has 0 aromatic heterocycles. The van der Waals surface area contributed by atoms with Crippen LogP contribution in [-0.4, -0.2) is 56.3 Å². The number of carbonyl (C=O) groups is 1. The summed E-state index contributed by atoms with van der Waals surface area (Å²) in [6.45, 7) is 1.58. The van der Waals surface area contributed by atoms with E-state index in [1.165, 1.54) is 9.71 Å². The van der Waals surface area contributed by atoms with E-state index in [0.717, 1.165) is 5.56 Å². The summed E-state index contributed by atoms with van der Waals surface area (Å²) in [6.07, 6.45) is 1.82. The molecular weight excluding hydrogens is 412 g/mol. The van der Waals surface area contributed by atoms with Crippen LogP contribution in [0.2, 0.25) is 5.02 Å². The van der Waals surface area contributed by atoms with Crippen LogP contribution in [0.1, 0.15) is 12.0 Å². The zero-order valence-corrected chi connectivity index (χ0v) is 17.5. The first-order chi connectivity index (χ1) is 13.9. The number of benzene rings is 2. The Balaban J connectivity index is 1.44. The Morgan fingerprint density at radius 1 is 1.00 bits per heavy atom. The van der Waals surface area contributed by atoms with Crippen molar-refractivity contribution in [2.75, 3.05) is 32.8 Å². The normalized spacial score (nSPS) is 15.6. The van der Waals surface area contributed by atoms with Crippen molar-refractivity contribution in [3.05, 3.63) is 70.6 Å². The summed E-state index contributed by atoms with van der Waals surface area (Å²) in [7, 11) is -3.51. The predicted octanol–water partition coefficient (Wildman–Crippen LogP) is 3.25. The Morgan fingerprint density at radius 3 is 2.31 bits per heavy atom. The van der Waals surface area contributed by atoms with Gasteiger partial charge in [-0.2, -0.15) is 4.31 Å². The Bertz CT molecular complexity index is 938. The van der Waals surface area contributed by atoms with Gasteiger partial charge in [0.2, 0.25) is 15.9 Å². The van der Waals surface area contributed by atoms with Gasteiger partial charge in [0, 0.05) is 36.6 Å². The Morgan fingerprint density at radius 2 is 1.66 bits per heavy atom. The molecule has 0 N–H and O–H groups in total. The van der Waals surface area contributed by atoms with Crippen LogP contribution in [0.3, 0.4) is 0 Å². The second kappa shape index (κ2) is 9.91. The van der Waals surface area contributed by atoms with Crippen molar-refractivity contribution in [2.45, 2.75) is 6.42 Å². The molecule has 1 aliphatic heterocycles. The molecule has 1 aliphatic rings. The number of nitrogens with zero attached hydrogens (tertiary/aromatic N) is 2. The molecule has 1 heterocycles. The molecule has 29 heavy (non-hydrogen) atoms. The van der Waals surface area contributed by atoms with E-state index in [4.69, 9.17) is 16.3 Å². The third-order valence-corrected chi connectivity index (χ3v) is 6.40. The number of rotatable bonds is 7. The number of halogens is 1. The molecule has 0 bridgehead atoms. The lowest BCUT2D eigenvalue weighted by Gasteiger charge is -2.33. The molecule has 6 nitrogen and oxygen atoms in total. The first kappa shape index (κ1) is 21.4. The first-order valence-corrected chi connectivity index (χ1v) is 11.2. The van der Waals surface area contributed by atoms with E-state index in [1.807, 2.05) is 30.3 Å². The number of carbonyl (C=O) groups excluding carboxylic acids is 1. The van der Waals surface area contributed by atoms with Crippen molar-refractivity contribution in [1.29, 1.82) is 0 Å². The summed E-state index contributed by atoms with van der Waals surface area (Å²) in [4.78, 5) is 14.0. The number of hydrogen-bond acceptors (Lipinski definition) is 4. The maximum atomic E-state index is 12.5. The molecule has 0 atom stereocenters. The van der Waals surface area contributed by atoms with Gasteiger partial charge < -0.3 is 9.64 Å². The number of piperazine rings is 1. The third kappa shape index (κ3) is 6.32. The molecule has 3 rings (SSSR count). The fourth-order valence-electron chi connectivity index (χ4n) is 2.95. The van der Waals surface area contributed by atoms with Gasteiger partial charge in [0.15, 0.2) is 0 Å². The van der Waals surface area contributed by atoms with Crippen molar-refractivity contribution >= 4 is 33.6 Å². The fourth-order valence-corrected chi connectivity index (χ4v) is 4.25. The van der Waals surface area contributed by atoms with Gasteiger partial charge in [0.1, 0.15) is 5.75 Å². The Hall–Kier alpha value is -2.35. The number of hydrogen-bond donors (Lipinski definition) is 0. The van der Waals surface area contributed by atoms with Crippen molar-refractivity contribution in [1.82, 2.24) is 9.21 Å². The highest BCUT2D eigenvalue weighted by Crippen LogP contribution is 2.16. The van der Waals surface area contributed by atoms with Gasteiger partial charge in [-0.1, -0.05) is 41.9 Å². The van der Waals surface area contributed by atoms with Gasteiger partial charge in [-0.15, -0.1) is 0 Å². The molecule has 1 saturated heterocycles. The number of sulfonamides is 1. The molecule has 2 aromatic rings. The minimum atomic E-state index is -3.51. The molecule has 0 unspecified atom stereocenters. The minimum absolute atomic E-state index is 0.0455. The van der Waals surface area contributed by atoms with Crippen LogP contribution < -0.4 is 4.74 Å². The van der Waals surface area contributed by atoms with E-state index in [9.17, 15) is 13.2 Å². The lowest BCUT2D eigenvalue weighted by molar-refractivity contribution is -0.132. The lowest BCUT2D eigenvalue weighted by atomic mass is 10.2. The highest BCUT2D eigenvalue weighted by molar-refractivity contribution is 7.92. The minimum Gasteiger partial charge on any atom is -0.493 e. The molecule has 0 saturated carbocycles. The maximum Gasteiger partial charge on any atom is 0.236 e. The van der Waals surface area contributed by atoms with E-state index < -0.39 is 10.0 Å². The topological polar surface area (TPSA) is 66.9 Å². The van der Waals surface area contributed by atoms with Crippen LogP contribution in [0.5, 0.6) is 5.75 Å². The van der Waals surface area contributed by atoms with E-state index in [1.54, 1.807) is 35.2 Å².